The number of esters is 1. The van der Waals surface area contributed by atoms with Crippen LogP contribution in [0.25, 0.3) is 0 Å². The van der Waals surface area contributed by atoms with Gasteiger partial charge in [0, 0.05) is 7.11 Å². The zero-order valence-electron chi connectivity index (χ0n) is 20.2. The van der Waals surface area contributed by atoms with Gasteiger partial charge >= 0.3 is 12.1 Å². The standard InChI is InChI=1S/C24H47NO5/c1-6-7-8-9-10-11-12-13-14-15-16-17-18-29-22(26)21(24(2,3)4)25-23(27)30-20-19-28-5/h21H,6-20H2,1-5H3,(H,25,27). The molecule has 1 atom stereocenters. The summed E-state index contributed by atoms with van der Waals surface area (Å²) in [5.41, 5.74) is -0.464. The summed E-state index contributed by atoms with van der Waals surface area (Å²) in [6, 6.07) is -0.745. The molecule has 178 valence electrons. The highest BCUT2D eigenvalue weighted by Gasteiger charge is 2.34. The van der Waals surface area contributed by atoms with Crippen molar-refractivity contribution in [3.63, 3.8) is 0 Å². The van der Waals surface area contributed by atoms with Gasteiger partial charge in [-0.25, -0.2) is 9.59 Å². The van der Waals surface area contributed by atoms with E-state index in [1.54, 1.807) is 0 Å². The van der Waals surface area contributed by atoms with E-state index >= 15 is 0 Å². The van der Waals surface area contributed by atoms with Crippen molar-refractivity contribution in [2.45, 2.75) is 111 Å². The SMILES string of the molecule is CCCCCCCCCCCCCCOC(=O)C(NC(=O)OCCOC)C(C)(C)C. The molecule has 1 amide bonds. The summed E-state index contributed by atoms with van der Waals surface area (Å²) in [7, 11) is 1.53. The summed E-state index contributed by atoms with van der Waals surface area (Å²) in [5, 5.41) is 2.62. The number of unbranched alkanes of at least 4 members (excludes halogenated alkanes) is 11. The second-order valence-corrected chi connectivity index (χ2v) is 9.13. The fourth-order valence-electron chi connectivity index (χ4n) is 3.21. The predicted molar refractivity (Wildman–Crippen MR) is 122 cm³/mol. The van der Waals surface area contributed by atoms with Gasteiger partial charge in [-0.2, -0.15) is 0 Å². The summed E-state index contributed by atoms with van der Waals surface area (Å²) < 4.78 is 15.3. The molecule has 0 aromatic carbocycles. The number of hydrogen-bond donors (Lipinski definition) is 1. The summed E-state index contributed by atoms with van der Waals surface area (Å²) >= 11 is 0. The van der Waals surface area contributed by atoms with Gasteiger partial charge in [-0.05, 0) is 11.8 Å². The number of carbonyl (C=O) groups excluding carboxylic acids is 2. The van der Waals surface area contributed by atoms with Crippen LogP contribution in [0.2, 0.25) is 0 Å². The first-order valence-electron chi connectivity index (χ1n) is 11.9. The van der Waals surface area contributed by atoms with Crippen LogP contribution in [0.3, 0.4) is 0 Å². The number of hydrogen-bond acceptors (Lipinski definition) is 5. The minimum atomic E-state index is -0.745. The third-order valence-electron chi connectivity index (χ3n) is 5.13. The highest BCUT2D eigenvalue weighted by atomic mass is 16.6. The molecule has 0 aromatic heterocycles. The van der Waals surface area contributed by atoms with Gasteiger partial charge in [0.15, 0.2) is 0 Å². The highest BCUT2D eigenvalue weighted by molar-refractivity contribution is 5.82. The fraction of sp³-hybridized carbons (Fsp3) is 0.917. The molecule has 0 heterocycles. The molecule has 6 heteroatoms. The number of methoxy groups -OCH3 is 1. The topological polar surface area (TPSA) is 73.9 Å². The predicted octanol–water partition coefficient (Wildman–Crippen LogP) is 6.02. The van der Waals surface area contributed by atoms with Gasteiger partial charge in [0.1, 0.15) is 12.6 Å². The van der Waals surface area contributed by atoms with Crippen LogP contribution in [0.5, 0.6) is 0 Å². The molecular weight excluding hydrogens is 382 g/mol. The van der Waals surface area contributed by atoms with Crippen LogP contribution in [-0.4, -0.2) is 45.0 Å². The number of nitrogens with one attached hydrogen (secondary N) is 1. The maximum Gasteiger partial charge on any atom is 0.407 e. The van der Waals surface area contributed by atoms with Crippen molar-refractivity contribution in [3.05, 3.63) is 0 Å². The van der Waals surface area contributed by atoms with E-state index in [0.717, 1.165) is 12.8 Å². The molecule has 0 aliphatic heterocycles. The minimum Gasteiger partial charge on any atom is -0.464 e. The molecule has 6 nitrogen and oxygen atoms in total. The zero-order valence-corrected chi connectivity index (χ0v) is 20.2. The van der Waals surface area contributed by atoms with Gasteiger partial charge < -0.3 is 19.5 Å². The summed E-state index contributed by atoms with van der Waals surface area (Å²) in [6.07, 6.45) is 14.5. The molecule has 0 aliphatic carbocycles. The van der Waals surface area contributed by atoms with Crippen molar-refractivity contribution in [3.8, 4) is 0 Å². The van der Waals surface area contributed by atoms with E-state index in [0.29, 0.717) is 13.2 Å². The number of rotatable bonds is 18. The van der Waals surface area contributed by atoms with Crippen LogP contribution >= 0.6 is 0 Å². The van der Waals surface area contributed by atoms with Gasteiger partial charge in [0.2, 0.25) is 0 Å². The molecular formula is C24H47NO5. The Kier molecular flexibility index (Phi) is 17.7. The van der Waals surface area contributed by atoms with Crippen molar-refractivity contribution in [2.24, 2.45) is 5.41 Å². The number of alkyl carbamates (subject to hydrolysis) is 1. The Morgan fingerprint density at radius 2 is 1.23 bits per heavy atom. The molecule has 0 aromatic rings. The van der Waals surface area contributed by atoms with Crippen molar-refractivity contribution in [2.75, 3.05) is 26.9 Å². The highest BCUT2D eigenvalue weighted by Crippen LogP contribution is 2.21. The van der Waals surface area contributed by atoms with Crippen LogP contribution in [0.1, 0.15) is 105 Å². The Morgan fingerprint density at radius 3 is 1.70 bits per heavy atom. The minimum absolute atomic E-state index is 0.146. The van der Waals surface area contributed by atoms with E-state index in [1.807, 2.05) is 20.8 Å². The number of ether oxygens (including phenoxy) is 3. The number of amides is 1. The molecule has 1 unspecified atom stereocenters. The van der Waals surface area contributed by atoms with E-state index in [-0.39, 0.29) is 6.61 Å². The van der Waals surface area contributed by atoms with E-state index in [1.165, 1.54) is 71.3 Å². The zero-order chi connectivity index (χ0) is 22.7. The number of carbonyl (C=O) groups is 2. The third kappa shape index (κ3) is 16.5. The van der Waals surface area contributed by atoms with E-state index in [9.17, 15) is 9.59 Å². The van der Waals surface area contributed by atoms with Gasteiger partial charge in [-0.15, -0.1) is 0 Å². The lowest BCUT2D eigenvalue weighted by molar-refractivity contribution is -0.149. The normalized spacial score (nSPS) is 12.4. The second-order valence-electron chi connectivity index (χ2n) is 9.13. The molecule has 1 N–H and O–H groups in total. The maximum absolute atomic E-state index is 12.4. The Morgan fingerprint density at radius 1 is 0.733 bits per heavy atom. The first kappa shape index (κ1) is 28.7. The molecule has 0 saturated heterocycles. The van der Waals surface area contributed by atoms with Crippen LogP contribution in [-0.2, 0) is 19.0 Å². The lowest BCUT2D eigenvalue weighted by atomic mass is 9.87. The lowest BCUT2D eigenvalue weighted by Crippen LogP contribution is -2.50. The maximum atomic E-state index is 12.4. The lowest BCUT2D eigenvalue weighted by Gasteiger charge is -2.29. The van der Waals surface area contributed by atoms with Crippen molar-refractivity contribution < 1.29 is 23.8 Å². The van der Waals surface area contributed by atoms with Gasteiger partial charge in [0.05, 0.1) is 13.2 Å². The molecule has 0 saturated carbocycles. The molecule has 30 heavy (non-hydrogen) atoms. The first-order valence-corrected chi connectivity index (χ1v) is 11.9. The van der Waals surface area contributed by atoms with E-state index in [2.05, 4.69) is 12.2 Å². The Balaban J connectivity index is 3.85. The van der Waals surface area contributed by atoms with Crippen molar-refractivity contribution >= 4 is 12.1 Å². The van der Waals surface area contributed by atoms with Gasteiger partial charge in [0.25, 0.3) is 0 Å². The van der Waals surface area contributed by atoms with Crippen LogP contribution < -0.4 is 5.32 Å². The first-order chi connectivity index (χ1) is 14.3. The van der Waals surface area contributed by atoms with Crippen molar-refractivity contribution in [1.29, 1.82) is 0 Å². The quantitative estimate of drug-likeness (QED) is 0.213. The summed E-state index contributed by atoms with van der Waals surface area (Å²) in [5.74, 6) is -0.408. The molecule has 0 rings (SSSR count). The van der Waals surface area contributed by atoms with Gasteiger partial charge in [-0.1, -0.05) is 98.3 Å². The van der Waals surface area contributed by atoms with E-state index in [4.69, 9.17) is 14.2 Å². The van der Waals surface area contributed by atoms with Crippen LogP contribution in [0, 0.1) is 5.41 Å². The average Bonchev–Trinajstić information content (AvgIpc) is 2.69. The smallest absolute Gasteiger partial charge is 0.407 e. The molecule has 0 radical (unpaired) electrons. The summed E-state index contributed by atoms with van der Waals surface area (Å²) in [6.45, 7) is 8.77. The van der Waals surface area contributed by atoms with Crippen LogP contribution in [0.4, 0.5) is 4.79 Å². The Bertz CT molecular complexity index is 434. The molecule has 0 aliphatic rings. The monoisotopic (exact) mass is 429 g/mol. The third-order valence-corrected chi connectivity index (χ3v) is 5.13. The van der Waals surface area contributed by atoms with Gasteiger partial charge in [-0.3, -0.25) is 0 Å². The average molecular weight is 430 g/mol. The largest absolute Gasteiger partial charge is 0.464 e. The molecule has 0 fully saturated rings. The summed E-state index contributed by atoms with van der Waals surface area (Å²) in [4.78, 5) is 24.3. The fourth-order valence-corrected chi connectivity index (χ4v) is 3.21. The molecule has 0 spiro atoms. The second kappa shape index (κ2) is 18.5. The Labute approximate surface area is 184 Å². The van der Waals surface area contributed by atoms with Crippen LogP contribution in [0.15, 0.2) is 0 Å². The Hall–Kier alpha value is -1.30. The van der Waals surface area contributed by atoms with Crippen molar-refractivity contribution in [1.82, 2.24) is 5.32 Å². The molecule has 0 bridgehead atoms. The van der Waals surface area contributed by atoms with E-state index < -0.39 is 23.5 Å².